The molecule has 0 aliphatic carbocycles. The topological polar surface area (TPSA) is 137 Å². The number of Topliss-reactive ketones (excluding diaryl/α,β-unsaturated/α-hetero) is 1. The number of hydrogen-bond donors (Lipinski definition) is 0. The van der Waals surface area contributed by atoms with Gasteiger partial charge in [-0.05, 0) is 17.5 Å². The minimum Gasteiger partial charge on any atom is -0.483 e. The van der Waals surface area contributed by atoms with Gasteiger partial charge >= 0.3 is 0 Å². The van der Waals surface area contributed by atoms with Crippen LogP contribution in [0.3, 0.4) is 0 Å². The molecule has 0 fully saturated rings. The van der Waals surface area contributed by atoms with Gasteiger partial charge in [0.2, 0.25) is 5.75 Å². The molecule has 0 saturated heterocycles. The van der Waals surface area contributed by atoms with Crippen molar-refractivity contribution in [3.05, 3.63) is 53.4 Å². The number of benzene rings is 1. The Hall–Kier alpha value is -4.29. The average molecular weight is 510 g/mol. The van der Waals surface area contributed by atoms with Gasteiger partial charge < -0.3 is 14.2 Å². The summed E-state index contributed by atoms with van der Waals surface area (Å²) < 4.78 is 23.1. The molecule has 3 heterocycles. The van der Waals surface area contributed by atoms with Gasteiger partial charge in [-0.15, -0.1) is 15.3 Å². The second-order valence-corrected chi connectivity index (χ2v) is 9.98. The highest BCUT2D eigenvalue weighted by Gasteiger charge is 2.23. The fourth-order valence-electron chi connectivity index (χ4n) is 3.51. The molecule has 4 rings (SSSR count). The molecule has 0 radical (unpaired) electrons. The van der Waals surface area contributed by atoms with Crippen LogP contribution >= 0.6 is 0 Å². The summed E-state index contributed by atoms with van der Waals surface area (Å²) in [7, 11) is 5.32. The Morgan fingerprint density at radius 2 is 1.14 bits per heavy atom. The van der Waals surface area contributed by atoms with Crippen molar-refractivity contribution in [2.45, 2.75) is 47.0 Å². The highest BCUT2D eigenvalue weighted by Crippen LogP contribution is 2.41. The van der Waals surface area contributed by atoms with Gasteiger partial charge in [0.25, 0.3) is 0 Å². The monoisotopic (exact) mass is 509 g/mol. The van der Waals surface area contributed by atoms with Crippen molar-refractivity contribution in [1.82, 2.24) is 45.0 Å². The van der Waals surface area contributed by atoms with Gasteiger partial charge in [-0.25, -0.2) is 0 Å². The third-order valence-electron chi connectivity index (χ3n) is 5.10. The zero-order valence-electron chi connectivity index (χ0n) is 21.9. The van der Waals surface area contributed by atoms with Crippen molar-refractivity contribution in [3.63, 3.8) is 0 Å². The Morgan fingerprint density at radius 3 is 1.49 bits per heavy atom. The Morgan fingerprint density at radius 1 is 0.730 bits per heavy atom. The molecule has 0 bridgehead atoms. The molecule has 1 aromatic carbocycles. The van der Waals surface area contributed by atoms with Crippen LogP contribution in [0.5, 0.6) is 17.2 Å². The zero-order chi connectivity index (χ0) is 26.6. The zero-order valence-corrected chi connectivity index (χ0v) is 21.9. The first-order chi connectivity index (χ1) is 17.6. The number of carbonyl (C=O) groups is 1. The Balaban J connectivity index is 1.69. The fraction of sp³-hybridized carbons (Fsp3) is 0.458. The maximum atomic E-state index is 13.2. The first kappa shape index (κ1) is 25.8. The van der Waals surface area contributed by atoms with Gasteiger partial charge in [-0.2, -0.15) is 0 Å². The minimum absolute atomic E-state index is 0.0401. The van der Waals surface area contributed by atoms with Crippen molar-refractivity contribution in [3.8, 4) is 17.2 Å². The number of nitrogens with zero attached hydrogens (tertiary/aromatic N) is 9. The van der Waals surface area contributed by atoms with Crippen LogP contribution < -0.4 is 14.2 Å². The summed E-state index contributed by atoms with van der Waals surface area (Å²) in [6.45, 7) is 6.40. The van der Waals surface area contributed by atoms with E-state index in [1.165, 1.54) is 0 Å². The summed E-state index contributed by atoms with van der Waals surface area (Å²) in [4.78, 5) is 13.2. The van der Waals surface area contributed by atoms with Gasteiger partial charge in [-0.1, -0.05) is 36.4 Å². The highest BCUT2D eigenvalue weighted by atomic mass is 16.5. The van der Waals surface area contributed by atoms with E-state index < -0.39 is 0 Å². The van der Waals surface area contributed by atoms with Crippen LogP contribution in [0.2, 0.25) is 0 Å². The Labute approximate surface area is 214 Å². The lowest BCUT2D eigenvalue weighted by Gasteiger charge is -2.20. The summed E-state index contributed by atoms with van der Waals surface area (Å²) in [6.07, 6.45) is 5.60. The third kappa shape index (κ3) is 7.12. The van der Waals surface area contributed by atoms with Crippen molar-refractivity contribution in [2.75, 3.05) is 0 Å². The fourth-order valence-corrected chi connectivity index (χ4v) is 3.51. The molecular weight excluding hydrogens is 478 g/mol. The molecule has 13 heteroatoms. The van der Waals surface area contributed by atoms with Crippen molar-refractivity contribution >= 4 is 5.78 Å². The molecule has 0 saturated carbocycles. The Kier molecular flexibility index (Phi) is 7.50. The molecule has 0 N–H and O–H groups in total. The van der Waals surface area contributed by atoms with Crippen LogP contribution in [-0.2, 0) is 41.0 Å². The number of ketones is 1. The van der Waals surface area contributed by atoms with Crippen LogP contribution in [0.4, 0.5) is 0 Å². The number of aromatic nitrogens is 9. The molecular formula is C24H31N9O4. The van der Waals surface area contributed by atoms with Gasteiger partial charge in [0, 0.05) is 33.1 Å². The molecule has 0 spiro atoms. The molecule has 37 heavy (non-hydrogen) atoms. The summed E-state index contributed by atoms with van der Waals surface area (Å²) in [5, 5.41) is 24.1. The largest absolute Gasteiger partial charge is 0.483 e. The van der Waals surface area contributed by atoms with Crippen LogP contribution in [0.25, 0.3) is 0 Å². The van der Waals surface area contributed by atoms with E-state index in [-0.39, 0.29) is 31.0 Å². The number of ether oxygens (including phenoxy) is 3. The first-order valence-electron chi connectivity index (χ1n) is 11.7. The molecule has 0 atom stereocenters. The van der Waals surface area contributed by atoms with E-state index in [1.807, 2.05) is 20.8 Å². The van der Waals surface area contributed by atoms with Gasteiger partial charge in [0.05, 0.1) is 18.6 Å². The van der Waals surface area contributed by atoms with Crippen LogP contribution in [0, 0.1) is 5.41 Å². The van der Waals surface area contributed by atoms with Crippen LogP contribution in [0.15, 0.2) is 30.7 Å². The molecule has 0 aliphatic rings. The molecule has 0 aliphatic heterocycles. The van der Waals surface area contributed by atoms with E-state index in [0.717, 1.165) is 0 Å². The normalized spacial score (nSPS) is 11.5. The molecule has 0 amide bonds. The van der Waals surface area contributed by atoms with Crippen molar-refractivity contribution in [1.29, 1.82) is 0 Å². The van der Waals surface area contributed by atoms with E-state index in [1.54, 1.807) is 65.9 Å². The average Bonchev–Trinajstić information content (AvgIpc) is 3.55. The minimum atomic E-state index is -0.195. The van der Waals surface area contributed by atoms with Gasteiger partial charge in [-0.3, -0.25) is 18.8 Å². The van der Waals surface area contributed by atoms with E-state index in [0.29, 0.717) is 46.3 Å². The third-order valence-corrected chi connectivity index (χ3v) is 5.10. The molecule has 3 aromatic heterocycles. The summed E-state index contributed by atoms with van der Waals surface area (Å²) in [6, 6.07) is 3.34. The van der Waals surface area contributed by atoms with E-state index in [4.69, 9.17) is 14.2 Å². The Bertz CT molecular complexity index is 1300. The lowest BCUT2D eigenvalue weighted by molar-refractivity contribution is 0.0938. The van der Waals surface area contributed by atoms with Gasteiger partial charge in [0.1, 0.15) is 36.9 Å². The predicted molar refractivity (Wildman–Crippen MR) is 131 cm³/mol. The number of carbonyl (C=O) groups excluding carboxylic acids is 1. The first-order valence-corrected chi connectivity index (χ1v) is 11.7. The predicted octanol–water partition coefficient (Wildman–Crippen LogP) is 2.43. The SMILES string of the molecule is Cn1cc(COc2cc(C(=O)CC(C)(C)C)cc(OCc3cn(C)nn3)c2OCc2cn(C)nn2)nn1. The second kappa shape index (κ2) is 10.8. The number of aryl methyl sites for hydroxylation is 3. The molecule has 196 valence electrons. The highest BCUT2D eigenvalue weighted by molar-refractivity contribution is 5.97. The lowest BCUT2D eigenvalue weighted by Crippen LogP contribution is -2.14. The van der Waals surface area contributed by atoms with Crippen LogP contribution in [0.1, 0.15) is 54.6 Å². The number of hydrogen-bond acceptors (Lipinski definition) is 10. The summed E-state index contributed by atoms with van der Waals surface area (Å²) in [5.74, 6) is 0.958. The lowest BCUT2D eigenvalue weighted by atomic mass is 9.88. The second-order valence-electron chi connectivity index (χ2n) is 9.98. The number of rotatable bonds is 11. The van der Waals surface area contributed by atoms with Crippen LogP contribution in [-0.4, -0.2) is 50.8 Å². The van der Waals surface area contributed by atoms with Crippen molar-refractivity contribution < 1.29 is 19.0 Å². The van der Waals surface area contributed by atoms with Crippen molar-refractivity contribution in [2.24, 2.45) is 26.6 Å². The van der Waals surface area contributed by atoms with E-state index >= 15 is 0 Å². The van der Waals surface area contributed by atoms with Gasteiger partial charge in [0.15, 0.2) is 17.3 Å². The quantitative estimate of drug-likeness (QED) is 0.277. The maximum Gasteiger partial charge on any atom is 0.204 e. The van der Waals surface area contributed by atoms with E-state index in [2.05, 4.69) is 30.9 Å². The molecule has 4 aromatic rings. The molecule has 13 nitrogen and oxygen atoms in total. The smallest absolute Gasteiger partial charge is 0.204 e. The maximum absolute atomic E-state index is 13.2. The summed E-state index contributed by atoms with van der Waals surface area (Å²) >= 11 is 0. The standard InChI is InChI=1S/C24H31N9O4/c1-24(2,3)9-20(34)16-7-21(35-13-17-10-31(4)28-25-17)23(37-15-19-12-33(6)30-27-19)22(8-16)36-14-18-11-32(5)29-26-18/h7-8,10-12H,9,13-15H2,1-6H3. The molecule has 0 unspecified atom stereocenters. The summed E-state index contributed by atoms with van der Waals surface area (Å²) in [5.41, 5.74) is 2.12. The van der Waals surface area contributed by atoms with E-state index in [9.17, 15) is 4.79 Å².